The zero-order valence-electron chi connectivity index (χ0n) is 71.7. The van der Waals surface area contributed by atoms with Gasteiger partial charge in [-0.2, -0.15) is 0 Å². The van der Waals surface area contributed by atoms with E-state index in [9.17, 15) is 43.2 Å². The van der Waals surface area contributed by atoms with Gasteiger partial charge in [0.05, 0.1) is 26.4 Å². The molecule has 0 bridgehead atoms. The van der Waals surface area contributed by atoms with E-state index in [1.807, 2.05) is 0 Å². The number of aliphatic hydroxyl groups is 1. The summed E-state index contributed by atoms with van der Waals surface area (Å²) in [6, 6.07) is 0. The van der Waals surface area contributed by atoms with Crippen LogP contribution in [0.3, 0.4) is 0 Å². The molecule has 0 aliphatic carbocycles. The largest absolute Gasteiger partial charge is 0.472 e. The number of unbranched alkanes of at least 4 members (excludes halogenated alkanes) is 62. The van der Waals surface area contributed by atoms with E-state index in [1.165, 1.54) is 315 Å². The van der Waals surface area contributed by atoms with Gasteiger partial charge in [0.2, 0.25) is 0 Å². The first-order valence-corrected chi connectivity index (χ1v) is 49.6. The Kier molecular flexibility index (Phi) is 81.1. The van der Waals surface area contributed by atoms with Crippen molar-refractivity contribution in [2.75, 3.05) is 39.6 Å². The number of aliphatic hydroxyl groups excluding tert-OH is 1. The molecule has 109 heavy (non-hydrogen) atoms. The molecule has 0 aromatic rings. The van der Waals surface area contributed by atoms with Crippen LogP contribution < -0.4 is 0 Å². The number of phosphoric ester groups is 2. The van der Waals surface area contributed by atoms with Crippen molar-refractivity contribution in [3.05, 3.63) is 0 Å². The maximum atomic E-state index is 13.2. The Labute approximate surface area is 670 Å². The van der Waals surface area contributed by atoms with Crippen molar-refractivity contribution in [2.24, 2.45) is 5.92 Å². The molecule has 5 atom stereocenters. The number of carbonyl (C=O) groups excluding carboxylic acids is 4. The Morgan fingerprint density at radius 1 is 0.248 bits per heavy atom. The molecule has 2 unspecified atom stereocenters. The van der Waals surface area contributed by atoms with E-state index < -0.39 is 97.5 Å². The Hall–Kier alpha value is -1.94. The third kappa shape index (κ3) is 83.8. The number of rotatable bonds is 90. The highest BCUT2D eigenvalue weighted by atomic mass is 31.2. The molecule has 648 valence electrons. The van der Waals surface area contributed by atoms with Crippen LogP contribution in [0.15, 0.2) is 0 Å². The van der Waals surface area contributed by atoms with Gasteiger partial charge in [-0.15, -0.1) is 0 Å². The predicted octanol–water partition coefficient (Wildman–Crippen LogP) is 27.9. The molecule has 19 heteroatoms. The predicted molar refractivity (Wildman–Crippen MR) is 451 cm³/mol. The van der Waals surface area contributed by atoms with Crippen molar-refractivity contribution in [1.82, 2.24) is 0 Å². The number of carbonyl (C=O) groups is 4. The van der Waals surface area contributed by atoms with Gasteiger partial charge in [-0.25, -0.2) is 9.13 Å². The van der Waals surface area contributed by atoms with Crippen molar-refractivity contribution in [3.63, 3.8) is 0 Å². The molecule has 0 saturated heterocycles. The second-order valence-electron chi connectivity index (χ2n) is 32.8. The molecular weight excluding hydrogens is 1410 g/mol. The van der Waals surface area contributed by atoms with E-state index in [4.69, 9.17) is 37.0 Å². The smallest absolute Gasteiger partial charge is 0.462 e. The molecule has 17 nitrogen and oxygen atoms in total. The van der Waals surface area contributed by atoms with Gasteiger partial charge in [-0.1, -0.05) is 439 Å². The second kappa shape index (κ2) is 82.6. The monoisotopic (exact) mass is 1590 g/mol. The average Bonchev–Trinajstić information content (AvgIpc) is 0.902. The number of hydrogen-bond donors (Lipinski definition) is 3. The van der Waals surface area contributed by atoms with Crippen LogP contribution in [0.2, 0.25) is 0 Å². The number of ether oxygens (including phenoxy) is 4. The Morgan fingerprint density at radius 3 is 0.624 bits per heavy atom. The van der Waals surface area contributed by atoms with Gasteiger partial charge < -0.3 is 33.8 Å². The lowest BCUT2D eigenvalue weighted by molar-refractivity contribution is -0.161. The number of hydrogen-bond acceptors (Lipinski definition) is 15. The molecule has 0 radical (unpaired) electrons. The molecule has 0 amide bonds. The van der Waals surface area contributed by atoms with E-state index >= 15 is 0 Å². The molecule has 0 aliphatic heterocycles. The summed E-state index contributed by atoms with van der Waals surface area (Å²) >= 11 is 0. The van der Waals surface area contributed by atoms with Gasteiger partial charge in [0, 0.05) is 25.7 Å². The van der Waals surface area contributed by atoms with Crippen molar-refractivity contribution in [2.45, 2.75) is 509 Å². The normalized spacial score (nSPS) is 13.7. The lowest BCUT2D eigenvalue weighted by atomic mass is 10.0. The van der Waals surface area contributed by atoms with Crippen LogP contribution in [0, 0.1) is 5.92 Å². The summed E-state index contributed by atoms with van der Waals surface area (Å²) in [5, 5.41) is 10.7. The van der Waals surface area contributed by atoms with Crippen molar-refractivity contribution >= 4 is 39.5 Å². The van der Waals surface area contributed by atoms with Crippen LogP contribution in [0.4, 0.5) is 0 Å². The van der Waals surface area contributed by atoms with E-state index in [1.54, 1.807) is 0 Å². The van der Waals surface area contributed by atoms with Crippen LogP contribution in [-0.2, 0) is 65.4 Å². The van der Waals surface area contributed by atoms with Gasteiger partial charge in [-0.3, -0.25) is 37.3 Å². The lowest BCUT2D eigenvalue weighted by Gasteiger charge is -2.21. The van der Waals surface area contributed by atoms with Crippen molar-refractivity contribution < 1.29 is 80.2 Å². The van der Waals surface area contributed by atoms with E-state index in [0.29, 0.717) is 25.7 Å². The van der Waals surface area contributed by atoms with E-state index in [2.05, 4.69) is 34.6 Å². The molecule has 0 aliphatic rings. The number of phosphoric acid groups is 2. The molecule has 0 spiro atoms. The SMILES string of the molecule is CCCCCCCCCCCCCCCCCCCCC(=O)OC[C@H](COP(=O)(O)OC[C@@H](O)COP(=O)(O)OC[C@@H](COC(=O)CCCCCCCCCCCCCCC)OC(=O)CCCCCCCCCCCCCCCCCCC)OC(=O)CCCCCCCCCCCCCCCCCCCCC(C)C. The molecular formula is C90H176O17P2. The molecule has 3 N–H and O–H groups in total. The Bertz CT molecular complexity index is 2070. The third-order valence-corrected chi connectivity index (χ3v) is 23.2. The maximum Gasteiger partial charge on any atom is 0.472 e. The number of esters is 4. The summed E-state index contributed by atoms with van der Waals surface area (Å²) in [5.74, 6) is -1.27. The summed E-state index contributed by atoms with van der Waals surface area (Å²) in [4.78, 5) is 73.4. The minimum absolute atomic E-state index is 0.109. The Balaban J connectivity index is 5.26. The van der Waals surface area contributed by atoms with Gasteiger partial charge in [0.25, 0.3) is 0 Å². The lowest BCUT2D eigenvalue weighted by Crippen LogP contribution is -2.30. The molecule has 0 rings (SSSR count). The molecule has 0 heterocycles. The fourth-order valence-electron chi connectivity index (χ4n) is 14.2. The second-order valence-corrected chi connectivity index (χ2v) is 35.7. The van der Waals surface area contributed by atoms with Crippen LogP contribution in [-0.4, -0.2) is 96.7 Å². The standard InChI is InChI=1S/C90H176O17P2/c1-6-9-12-15-18-21-24-27-29-31-36-39-44-49-54-59-64-69-74-88(93)101-80-86(107-90(95)76-71-66-61-56-51-46-41-37-33-32-35-38-43-47-52-57-62-67-72-83(4)5)82-105-109(98,99)103-78-84(91)77-102-108(96,97)104-81-85(79-100-87(92)73-68-63-58-53-48-42-26-23-20-17-14-11-8-3)106-89(94)75-70-65-60-55-50-45-40-34-30-28-25-22-19-16-13-10-7-2/h83-86,91H,6-82H2,1-5H3,(H,96,97)(H,98,99)/t84-,85+,86+/m0/s1. The van der Waals surface area contributed by atoms with Gasteiger partial charge in [-0.05, 0) is 31.6 Å². The quantitative estimate of drug-likeness (QED) is 0.0222. The van der Waals surface area contributed by atoms with Gasteiger partial charge >= 0.3 is 39.5 Å². The fraction of sp³-hybridized carbons (Fsp3) is 0.956. The topological polar surface area (TPSA) is 237 Å². The highest BCUT2D eigenvalue weighted by molar-refractivity contribution is 7.47. The summed E-state index contributed by atoms with van der Waals surface area (Å²) < 4.78 is 69.1. The summed E-state index contributed by atoms with van der Waals surface area (Å²) in [6.07, 6.45) is 77.7. The summed E-state index contributed by atoms with van der Waals surface area (Å²) in [7, 11) is -9.93. The molecule has 0 fully saturated rings. The Morgan fingerprint density at radius 2 is 0.422 bits per heavy atom. The van der Waals surface area contributed by atoms with Crippen LogP contribution >= 0.6 is 15.6 Å². The first kappa shape index (κ1) is 107. The van der Waals surface area contributed by atoms with Crippen LogP contribution in [0.5, 0.6) is 0 Å². The van der Waals surface area contributed by atoms with Crippen molar-refractivity contribution in [1.29, 1.82) is 0 Å². The van der Waals surface area contributed by atoms with Gasteiger partial charge in [0.1, 0.15) is 19.3 Å². The fourth-order valence-corrected chi connectivity index (χ4v) is 15.8. The van der Waals surface area contributed by atoms with E-state index in [-0.39, 0.29) is 25.7 Å². The van der Waals surface area contributed by atoms with Crippen LogP contribution in [0.25, 0.3) is 0 Å². The first-order valence-electron chi connectivity index (χ1n) is 46.6. The van der Waals surface area contributed by atoms with E-state index in [0.717, 1.165) is 95.8 Å². The summed E-state index contributed by atoms with van der Waals surface area (Å²) in [5.41, 5.74) is 0. The van der Waals surface area contributed by atoms with Crippen LogP contribution in [0.1, 0.15) is 490 Å². The first-order chi connectivity index (χ1) is 53.0. The highest BCUT2D eigenvalue weighted by Crippen LogP contribution is 2.45. The summed E-state index contributed by atoms with van der Waals surface area (Å²) in [6.45, 7) is 7.44. The molecule has 0 aromatic heterocycles. The maximum absolute atomic E-state index is 13.2. The molecule has 0 aromatic carbocycles. The minimum Gasteiger partial charge on any atom is -0.462 e. The minimum atomic E-state index is -4.97. The zero-order valence-corrected chi connectivity index (χ0v) is 73.5. The third-order valence-electron chi connectivity index (χ3n) is 21.3. The van der Waals surface area contributed by atoms with Crippen molar-refractivity contribution in [3.8, 4) is 0 Å². The average molecular weight is 1590 g/mol. The molecule has 0 saturated carbocycles. The highest BCUT2D eigenvalue weighted by Gasteiger charge is 2.31. The van der Waals surface area contributed by atoms with Gasteiger partial charge in [0.15, 0.2) is 12.2 Å². The zero-order chi connectivity index (χ0) is 79.7.